The molecule has 3 heteroatoms. The molecule has 0 aromatic heterocycles. The minimum absolute atomic E-state index is 0.173. The van der Waals surface area contributed by atoms with E-state index in [0.717, 1.165) is 12.8 Å². The molecule has 0 amide bonds. The molecule has 0 fully saturated rings. The number of hydrogen-bond donors (Lipinski definition) is 2. The lowest BCUT2D eigenvalue weighted by Gasteiger charge is -2.01. The van der Waals surface area contributed by atoms with E-state index in [2.05, 4.69) is 19.6 Å². The minimum Gasteiger partial charge on any atom is -0.477 e. The van der Waals surface area contributed by atoms with Gasteiger partial charge in [0.1, 0.15) is 0 Å². The van der Waals surface area contributed by atoms with E-state index in [1.807, 2.05) is 0 Å². The number of hydrogen-bond acceptors (Lipinski definition) is 2. The Bertz CT molecular complexity index is 249. The lowest BCUT2D eigenvalue weighted by atomic mass is 10.1. The summed E-state index contributed by atoms with van der Waals surface area (Å²) in [5.41, 5.74) is 0. The number of thiol groups is 1. The van der Waals surface area contributed by atoms with Gasteiger partial charge in [-0.3, -0.25) is 0 Å². The lowest BCUT2D eigenvalue weighted by Crippen LogP contribution is -1.93. The van der Waals surface area contributed by atoms with Gasteiger partial charge in [0.25, 0.3) is 0 Å². The molecule has 0 aliphatic rings. The maximum atomic E-state index is 10.5. The van der Waals surface area contributed by atoms with Crippen LogP contribution in [0.3, 0.4) is 0 Å². The van der Waals surface area contributed by atoms with Gasteiger partial charge in [0.15, 0.2) is 0 Å². The van der Waals surface area contributed by atoms with E-state index in [1.54, 1.807) is 6.08 Å². The van der Waals surface area contributed by atoms with Crippen molar-refractivity contribution in [2.24, 2.45) is 0 Å². The van der Waals surface area contributed by atoms with Crippen LogP contribution in [0, 0.1) is 0 Å². The van der Waals surface area contributed by atoms with Crippen LogP contribution in [0.25, 0.3) is 0 Å². The number of carboxylic acid groups (broad SMARTS) is 1. The monoisotopic (exact) mass is 286 g/mol. The molecule has 0 atom stereocenters. The number of aliphatic carboxylic acids is 1. The molecule has 0 heterocycles. The van der Waals surface area contributed by atoms with Crippen LogP contribution < -0.4 is 0 Å². The van der Waals surface area contributed by atoms with Gasteiger partial charge in [-0.05, 0) is 12.8 Å². The van der Waals surface area contributed by atoms with Crippen LogP contribution in [-0.4, -0.2) is 11.1 Å². The summed E-state index contributed by atoms with van der Waals surface area (Å²) in [5, 5.41) is 8.61. The average Bonchev–Trinajstić information content (AvgIpc) is 2.39. The third-order valence-electron chi connectivity index (χ3n) is 3.36. The molecule has 0 aromatic rings. The van der Waals surface area contributed by atoms with E-state index in [0.29, 0.717) is 0 Å². The SMILES string of the molecule is CCCCCCCCCCCCCC=C(S)C(=O)O. The Morgan fingerprint density at radius 2 is 1.32 bits per heavy atom. The second-order valence-corrected chi connectivity index (χ2v) is 5.70. The van der Waals surface area contributed by atoms with E-state index in [-0.39, 0.29) is 4.91 Å². The molecule has 19 heavy (non-hydrogen) atoms. The molecule has 112 valence electrons. The highest BCUT2D eigenvalue weighted by molar-refractivity contribution is 7.85. The third kappa shape index (κ3) is 13.8. The zero-order valence-electron chi connectivity index (χ0n) is 12.4. The summed E-state index contributed by atoms with van der Waals surface area (Å²) in [6.07, 6.45) is 17.1. The molecule has 1 N–H and O–H groups in total. The van der Waals surface area contributed by atoms with Gasteiger partial charge < -0.3 is 5.11 Å². The maximum absolute atomic E-state index is 10.5. The van der Waals surface area contributed by atoms with Gasteiger partial charge in [0.05, 0.1) is 4.91 Å². The molecular formula is C16H30O2S. The van der Waals surface area contributed by atoms with Crippen molar-refractivity contribution in [2.45, 2.75) is 84.0 Å². The Balaban J connectivity index is 3.15. The van der Waals surface area contributed by atoms with Crippen LogP contribution in [0.4, 0.5) is 0 Å². The zero-order valence-corrected chi connectivity index (χ0v) is 13.3. The topological polar surface area (TPSA) is 37.3 Å². The van der Waals surface area contributed by atoms with Crippen LogP contribution in [0.5, 0.6) is 0 Å². The van der Waals surface area contributed by atoms with Crippen LogP contribution >= 0.6 is 12.6 Å². The van der Waals surface area contributed by atoms with Crippen molar-refractivity contribution >= 4 is 18.6 Å². The smallest absolute Gasteiger partial charge is 0.341 e. The van der Waals surface area contributed by atoms with Crippen molar-refractivity contribution in [2.75, 3.05) is 0 Å². The van der Waals surface area contributed by atoms with E-state index in [1.165, 1.54) is 64.2 Å². The predicted molar refractivity (Wildman–Crippen MR) is 85.8 cm³/mol. The van der Waals surface area contributed by atoms with E-state index >= 15 is 0 Å². The summed E-state index contributed by atoms with van der Waals surface area (Å²) in [6.45, 7) is 2.25. The van der Waals surface area contributed by atoms with Gasteiger partial charge in [0, 0.05) is 0 Å². The van der Waals surface area contributed by atoms with Crippen LogP contribution in [0.2, 0.25) is 0 Å². The fraction of sp³-hybridized carbons (Fsp3) is 0.812. The highest BCUT2D eigenvalue weighted by Crippen LogP contribution is 2.12. The molecule has 0 aliphatic heterocycles. The second kappa shape index (κ2) is 14.0. The molecule has 0 aliphatic carbocycles. The zero-order chi connectivity index (χ0) is 14.3. The summed E-state index contributed by atoms with van der Waals surface area (Å²) in [6, 6.07) is 0. The lowest BCUT2D eigenvalue weighted by molar-refractivity contribution is -0.131. The van der Waals surface area contributed by atoms with Gasteiger partial charge in [-0.15, -0.1) is 12.6 Å². The summed E-state index contributed by atoms with van der Waals surface area (Å²) in [4.78, 5) is 10.7. The standard InChI is InChI=1S/C16H30O2S/c1-2-3-4-5-6-7-8-9-10-11-12-13-14-15(19)16(17)18/h14,19H,2-13H2,1H3,(H,17,18). The van der Waals surface area contributed by atoms with Crippen molar-refractivity contribution in [3.8, 4) is 0 Å². The number of rotatable bonds is 13. The Morgan fingerprint density at radius 3 is 1.74 bits per heavy atom. The Morgan fingerprint density at radius 1 is 0.895 bits per heavy atom. The molecule has 0 unspecified atom stereocenters. The van der Waals surface area contributed by atoms with E-state index in [4.69, 9.17) is 5.11 Å². The third-order valence-corrected chi connectivity index (χ3v) is 3.74. The maximum Gasteiger partial charge on any atom is 0.341 e. The molecule has 0 rings (SSSR count). The number of allylic oxidation sites excluding steroid dienone is 1. The first-order chi connectivity index (χ1) is 9.18. The van der Waals surface area contributed by atoms with Crippen molar-refractivity contribution < 1.29 is 9.90 Å². The van der Waals surface area contributed by atoms with Gasteiger partial charge in [-0.2, -0.15) is 0 Å². The first kappa shape index (κ1) is 18.6. The molecule has 0 aromatic carbocycles. The molecule has 0 saturated heterocycles. The second-order valence-electron chi connectivity index (χ2n) is 5.22. The fourth-order valence-corrected chi connectivity index (χ4v) is 2.26. The fourth-order valence-electron chi connectivity index (χ4n) is 2.13. The summed E-state index contributed by atoms with van der Waals surface area (Å²) in [5.74, 6) is -0.925. The highest BCUT2D eigenvalue weighted by Gasteiger charge is 1.99. The Labute approximate surface area is 124 Å². The van der Waals surface area contributed by atoms with Gasteiger partial charge in [-0.1, -0.05) is 77.2 Å². The Hall–Kier alpha value is -0.440. The number of carbonyl (C=O) groups is 1. The van der Waals surface area contributed by atoms with Crippen molar-refractivity contribution in [3.05, 3.63) is 11.0 Å². The molecule has 0 saturated carbocycles. The first-order valence-electron chi connectivity index (χ1n) is 7.81. The molecule has 0 radical (unpaired) electrons. The number of carboxylic acids is 1. The normalized spacial score (nSPS) is 11.8. The van der Waals surface area contributed by atoms with Gasteiger partial charge >= 0.3 is 5.97 Å². The van der Waals surface area contributed by atoms with Crippen molar-refractivity contribution in [1.29, 1.82) is 0 Å². The highest BCUT2D eigenvalue weighted by atomic mass is 32.1. The van der Waals surface area contributed by atoms with Crippen LogP contribution in [0.1, 0.15) is 84.0 Å². The van der Waals surface area contributed by atoms with E-state index in [9.17, 15) is 4.79 Å². The van der Waals surface area contributed by atoms with Crippen molar-refractivity contribution in [1.82, 2.24) is 0 Å². The molecule has 2 nitrogen and oxygen atoms in total. The summed E-state index contributed by atoms with van der Waals surface area (Å²) < 4.78 is 0. The van der Waals surface area contributed by atoms with Crippen molar-refractivity contribution in [3.63, 3.8) is 0 Å². The Kier molecular flexibility index (Phi) is 13.7. The van der Waals surface area contributed by atoms with Gasteiger partial charge in [0.2, 0.25) is 0 Å². The summed E-state index contributed by atoms with van der Waals surface area (Å²) in [7, 11) is 0. The molecular weight excluding hydrogens is 256 g/mol. The molecule has 0 spiro atoms. The predicted octanol–water partition coefficient (Wildman–Crippen LogP) is 5.59. The average molecular weight is 286 g/mol. The number of unbranched alkanes of at least 4 members (excludes halogenated alkanes) is 11. The molecule has 0 bridgehead atoms. The minimum atomic E-state index is -0.925. The largest absolute Gasteiger partial charge is 0.477 e. The summed E-state index contributed by atoms with van der Waals surface area (Å²) >= 11 is 3.89. The van der Waals surface area contributed by atoms with Crippen LogP contribution in [0.15, 0.2) is 11.0 Å². The van der Waals surface area contributed by atoms with Gasteiger partial charge in [-0.25, -0.2) is 4.79 Å². The quantitative estimate of drug-likeness (QED) is 0.263. The van der Waals surface area contributed by atoms with Crippen LogP contribution in [-0.2, 0) is 4.79 Å². The van der Waals surface area contributed by atoms with E-state index < -0.39 is 5.97 Å². The first-order valence-corrected chi connectivity index (χ1v) is 8.25.